The first-order chi connectivity index (χ1) is 12.1. The number of carbonyl (C=O) groups is 1. The van der Waals surface area contributed by atoms with E-state index < -0.39 is 0 Å². The number of benzene rings is 1. The SMILES string of the molecule is CC1CN(Cc2ccc(CNC(=O)C3CCNCC3)cc2)CC(C)O1. The van der Waals surface area contributed by atoms with Crippen LogP contribution in [0.4, 0.5) is 0 Å². The topological polar surface area (TPSA) is 53.6 Å². The summed E-state index contributed by atoms with van der Waals surface area (Å²) in [4.78, 5) is 14.7. The molecule has 5 nitrogen and oxygen atoms in total. The number of hydrogen-bond donors (Lipinski definition) is 2. The summed E-state index contributed by atoms with van der Waals surface area (Å²) < 4.78 is 5.79. The first-order valence-corrected chi connectivity index (χ1v) is 9.54. The summed E-state index contributed by atoms with van der Waals surface area (Å²) >= 11 is 0. The number of hydrogen-bond acceptors (Lipinski definition) is 4. The van der Waals surface area contributed by atoms with E-state index in [1.807, 2.05) is 0 Å². The Kier molecular flexibility index (Phi) is 6.45. The zero-order valence-electron chi connectivity index (χ0n) is 15.5. The van der Waals surface area contributed by atoms with Crippen LogP contribution in [0.25, 0.3) is 0 Å². The van der Waals surface area contributed by atoms with Gasteiger partial charge in [-0.25, -0.2) is 0 Å². The van der Waals surface area contributed by atoms with E-state index in [0.29, 0.717) is 18.8 Å². The lowest BCUT2D eigenvalue weighted by atomic mass is 9.97. The Hall–Kier alpha value is -1.43. The Bertz CT molecular complexity index is 545. The van der Waals surface area contributed by atoms with Crippen LogP contribution in [0, 0.1) is 5.92 Å². The number of rotatable bonds is 5. The molecule has 1 amide bonds. The van der Waals surface area contributed by atoms with Gasteiger partial charge in [0.15, 0.2) is 0 Å². The minimum Gasteiger partial charge on any atom is -0.373 e. The van der Waals surface area contributed by atoms with Crippen LogP contribution in [0.3, 0.4) is 0 Å². The van der Waals surface area contributed by atoms with Gasteiger partial charge in [-0.15, -0.1) is 0 Å². The van der Waals surface area contributed by atoms with Crippen LogP contribution >= 0.6 is 0 Å². The predicted octanol–water partition coefficient (Wildman–Crippen LogP) is 1.91. The molecule has 2 fully saturated rings. The fourth-order valence-electron chi connectivity index (χ4n) is 3.85. The van der Waals surface area contributed by atoms with E-state index in [9.17, 15) is 4.79 Å². The van der Waals surface area contributed by atoms with Crippen molar-refractivity contribution in [2.75, 3.05) is 26.2 Å². The van der Waals surface area contributed by atoms with Crippen LogP contribution in [0.1, 0.15) is 37.8 Å². The molecule has 25 heavy (non-hydrogen) atoms. The van der Waals surface area contributed by atoms with E-state index in [2.05, 4.69) is 53.6 Å². The highest BCUT2D eigenvalue weighted by Crippen LogP contribution is 2.15. The Labute approximate surface area is 151 Å². The maximum atomic E-state index is 12.2. The number of morpholine rings is 1. The third-order valence-electron chi connectivity index (χ3n) is 5.10. The van der Waals surface area contributed by atoms with Crippen LogP contribution in [0.5, 0.6) is 0 Å². The molecule has 2 aliphatic heterocycles. The molecule has 2 aliphatic rings. The van der Waals surface area contributed by atoms with Crippen molar-refractivity contribution in [3.63, 3.8) is 0 Å². The van der Waals surface area contributed by atoms with Gasteiger partial charge in [0.05, 0.1) is 12.2 Å². The minimum absolute atomic E-state index is 0.172. The molecule has 0 saturated carbocycles. The molecule has 2 heterocycles. The predicted molar refractivity (Wildman–Crippen MR) is 99.2 cm³/mol. The normalized spacial score (nSPS) is 25.7. The molecular weight excluding hydrogens is 314 g/mol. The van der Waals surface area contributed by atoms with Gasteiger partial charge in [-0.1, -0.05) is 24.3 Å². The third kappa shape index (κ3) is 5.53. The van der Waals surface area contributed by atoms with Crippen molar-refractivity contribution >= 4 is 5.91 Å². The second-order valence-electron chi connectivity index (χ2n) is 7.51. The average Bonchev–Trinajstić information content (AvgIpc) is 2.61. The van der Waals surface area contributed by atoms with Crippen molar-refractivity contribution < 1.29 is 9.53 Å². The van der Waals surface area contributed by atoms with Crippen molar-refractivity contribution in [1.82, 2.24) is 15.5 Å². The molecule has 0 bridgehead atoms. The number of nitrogens with one attached hydrogen (secondary N) is 2. The van der Waals surface area contributed by atoms with E-state index in [-0.39, 0.29) is 11.8 Å². The molecule has 5 heteroatoms. The molecule has 1 aromatic carbocycles. The van der Waals surface area contributed by atoms with Crippen LogP contribution in [-0.2, 0) is 22.6 Å². The summed E-state index contributed by atoms with van der Waals surface area (Å²) in [6.07, 6.45) is 2.49. The first kappa shape index (κ1) is 18.4. The van der Waals surface area contributed by atoms with Gasteiger partial charge in [0.2, 0.25) is 5.91 Å². The second kappa shape index (κ2) is 8.79. The molecule has 2 saturated heterocycles. The minimum atomic E-state index is 0.172. The summed E-state index contributed by atoms with van der Waals surface area (Å²) in [5, 5.41) is 6.38. The number of carbonyl (C=O) groups excluding carboxylic acids is 1. The van der Waals surface area contributed by atoms with Gasteiger partial charge in [0, 0.05) is 32.1 Å². The lowest BCUT2D eigenvalue weighted by Gasteiger charge is -2.35. The fraction of sp³-hybridized carbons (Fsp3) is 0.650. The molecule has 2 atom stereocenters. The molecule has 138 valence electrons. The lowest BCUT2D eigenvalue weighted by Crippen LogP contribution is -2.44. The number of amides is 1. The molecule has 0 radical (unpaired) electrons. The standard InChI is InChI=1S/C20H31N3O2/c1-15-12-23(13-16(2)25-15)14-18-5-3-17(4-6-18)11-22-20(24)19-7-9-21-10-8-19/h3-6,15-16,19,21H,7-14H2,1-2H3,(H,22,24). The van der Waals surface area contributed by atoms with Crippen LogP contribution < -0.4 is 10.6 Å². The monoisotopic (exact) mass is 345 g/mol. The maximum absolute atomic E-state index is 12.2. The average molecular weight is 345 g/mol. The molecule has 1 aromatic rings. The van der Waals surface area contributed by atoms with Gasteiger partial charge in [-0.05, 0) is 50.9 Å². The number of ether oxygens (including phenoxy) is 1. The summed E-state index contributed by atoms with van der Waals surface area (Å²) in [5.74, 6) is 0.368. The number of nitrogens with zero attached hydrogens (tertiary/aromatic N) is 1. The quantitative estimate of drug-likeness (QED) is 0.856. The van der Waals surface area contributed by atoms with Crippen molar-refractivity contribution in [3.8, 4) is 0 Å². The summed E-state index contributed by atoms with van der Waals surface area (Å²) in [6, 6.07) is 8.62. The summed E-state index contributed by atoms with van der Waals surface area (Å²) in [7, 11) is 0. The van der Waals surface area contributed by atoms with E-state index in [4.69, 9.17) is 4.74 Å². The largest absolute Gasteiger partial charge is 0.373 e. The molecule has 2 N–H and O–H groups in total. The van der Waals surface area contributed by atoms with Gasteiger partial charge < -0.3 is 15.4 Å². The zero-order valence-corrected chi connectivity index (χ0v) is 15.5. The fourth-order valence-corrected chi connectivity index (χ4v) is 3.85. The smallest absolute Gasteiger partial charge is 0.223 e. The van der Waals surface area contributed by atoms with Gasteiger partial charge in [-0.2, -0.15) is 0 Å². The number of piperidine rings is 1. The van der Waals surface area contributed by atoms with Crippen molar-refractivity contribution in [2.45, 2.75) is 52.0 Å². The molecule has 0 aliphatic carbocycles. The lowest BCUT2D eigenvalue weighted by molar-refractivity contribution is -0.125. The molecule has 2 unspecified atom stereocenters. The first-order valence-electron chi connectivity index (χ1n) is 9.54. The van der Waals surface area contributed by atoms with E-state index in [1.165, 1.54) is 5.56 Å². The third-order valence-corrected chi connectivity index (χ3v) is 5.10. The van der Waals surface area contributed by atoms with Gasteiger partial charge >= 0.3 is 0 Å². The van der Waals surface area contributed by atoms with E-state index in [1.54, 1.807) is 0 Å². The molecular formula is C20H31N3O2. The Morgan fingerprint density at radius 1 is 1.12 bits per heavy atom. The van der Waals surface area contributed by atoms with E-state index >= 15 is 0 Å². The van der Waals surface area contributed by atoms with Crippen LogP contribution in [0.2, 0.25) is 0 Å². The Morgan fingerprint density at radius 2 is 1.72 bits per heavy atom. The highest BCUT2D eigenvalue weighted by Gasteiger charge is 2.22. The highest BCUT2D eigenvalue weighted by molar-refractivity contribution is 5.78. The van der Waals surface area contributed by atoms with Gasteiger partial charge in [-0.3, -0.25) is 9.69 Å². The highest BCUT2D eigenvalue weighted by atomic mass is 16.5. The molecule has 0 aromatic heterocycles. The summed E-state index contributed by atoms with van der Waals surface area (Å²) in [5.41, 5.74) is 2.48. The maximum Gasteiger partial charge on any atom is 0.223 e. The van der Waals surface area contributed by atoms with Crippen LogP contribution in [0.15, 0.2) is 24.3 Å². The Balaban J connectivity index is 1.46. The van der Waals surface area contributed by atoms with Crippen LogP contribution in [-0.4, -0.2) is 49.2 Å². The Morgan fingerprint density at radius 3 is 2.36 bits per heavy atom. The van der Waals surface area contributed by atoms with Crippen molar-refractivity contribution in [1.29, 1.82) is 0 Å². The molecule has 3 rings (SSSR count). The summed E-state index contributed by atoms with van der Waals surface area (Å²) in [6.45, 7) is 9.72. The van der Waals surface area contributed by atoms with Gasteiger partial charge in [0.1, 0.15) is 0 Å². The van der Waals surface area contributed by atoms with Crippen molar-refractivity contribution in [2.24, 2.45) is 5.92 Å². The molecule has 0 spiro atoms. The van der Waals surface area contributed by atoms with Crippen molar-refractivity contribution in [3.05, 3.63) is 35.4 Å². The van der Waals surface area contributed by atoms with E-state index in [0.717, 1.165) is 51.1 Å². The second-order valence-corrected chi connectivity index (χ2v) is 7.51. The van der Waals surface area contributed by atoms with Gasteiger partial charge in [0.25, 0.3) is 0 Å². The zero-order chi connectivity index (χ0) is 17.6.